The number of rotatable bonds is 9. The van der Waals surface area contributed by atoms with E-state index in [-0.39, 0.29) is 18.2 Å². The fraction of sp³-hybridized carbons (Fsp3) is 0.400. The van der Waals surface area contributed by atoms with Gasteiger partial charge in [0.2, 0.25) is 0 Å². The molecule has 0 aliphatic heterocycles. The predicted octanol–water partition coefficient (Wildman–Crippen LogP) is 3.98. The average molecular weight is 366 g/mol. The zero-order valence-corrected chi connectivity index (χ0v) is 15.9. The highest BCUT2D eigenvalue weighted by Crippen LogP contribution is 2.26. The molecule has 2 rings (SSSR count). The van der Waals surface area contributed by atoms with Crippen molar-refractivity contribution in [3.05, 3.63) is 53.6 Å². The Kier molecular flexibility index (Phi) is 9.17. The molecule has 0 radical (unpaired) electrons. The molecular formula is C20H28ClNO3. The Morgan fingerprint density at radius 3 is 2.28 bits per heavy atom. The number of halogens is 1. The molecule has 0 aliphatic carbocycles. The van der Waals surface area contributed by atoms with Crippen LogP contribution in [0.2, 0.25) is 0 Å². The van der Waals surface area contributed by atoms with Gasteiger partial charge in [0.1, 0.15) is 5.75 Å². The molecule has 25 heavy (non-hydrogen) atoms. The molecule has 2 aromatic rings. The largest absolute Gasteiger partial charge is 0.504 e. The molecule has 0 aromatic heterocycles. The fourth-order valence-electron chi connectivity index (χ4n) is 2.62. The number of ether oxygens (including phenoxy) is 2. The molecule has 0 saturated heterocycles. The normalized spacial score (nSPS) is 11.5. The lowest BCUT2D eigenvalue weighted by atomic mass is 10.1. The zero-order valence-electron chi connectivity index (χ0n) is 15.1. The topological polar surface area (TPSA) is 50.7 Å². The number of benzene rings is 2. The van der Waals surface area contributed by atoms with Crippen molar-refractivity contribution in [1.82, 2.24) is 5.32 Å². The van der Waals surface area contributed by atoms with E-state index < -0.39 is 0 Å². The van der Waals surface area contributed by atoms with Crippen molar-refractivity contribution < 1.29 is 14.6 Å². The summed E-state index contributed by atoms with van der Waals surface area (Å²) in [5.74, 6) is 1.61. The van der Waals surface area contributed by atoms with Crippen LogP contribution in [0.25, 0.3) is 0 Å². The summed E-state index contributed by atoms with van der Waals surface area (Å²) in [4.78, 5) is 0. The van der Waals surface area contributed by atoms with E-state index in [4.69, 9.17) is 9.47 Å². The molecule has 4 nitrogen and oxygen atoms in total. The van der Waals surface area contributed by atoms with Gasteiger partial charge in [-0.05, 0) is 68.1 Å². The lowest BCUT2D eigenvalue weighted by molar-refractivity contribution is 0.373. The molecule has 0 fully saturated rings. The summed E-state index contributed by atoms with van der Waals surface area (Å²) in [5.41, 5.74) is 2.48. The van der Waals surface area contributed by atoms with Crippen LogP contribution in [0.4, 0.5) is 0 Å². The lowest BCUT2D eigenvalue weighted by Crippen LogP contribution is -2.28. The maximum absolute atomic E-state index is 9.61. The molecule has 2 aromatic carbocycles. The SMILES string of the molecule is COc1ccc(CCC(C)NCCc2ccc(O)c(OC)c2)cc1.Cl. The van der Waals surface area contributed by atoms with E-state index in [2.05, 4.69) is 24.4 Å². The van der Waals surface area contributed by atoms with Gasteiger partial charge in [-0.1, -0.05) is 18.2 Å². The van der Waals surface area contributed by atoms with Gasteiger partial charge < -0.3 is 19.9 Å². The maximum atomic E-state index is 9.61. The molecule has 0 bridgehead atoms. The van der Waals surface area contributed by atoms with Crippen molar-refractivity contribution in [2.45, 2.75) is 32.2 Å². The summed E-state index contributed by atoms with van der Waals surface area (Å²) >= 11 is 0. The number of nitrogens with one attached hydrogen (secondary N) is 1. The number of hydrogen-bond acceptors (Lipinski definition) is 4. The Morgan fingerprint density at radius 2 is 1.64 bits per heavy atom. The Hall–Kier alpha value is -1.91. The standard InChI is InChI=1S/C20H27NO3.ClH/c1-15(4-5-16-6-9-18(23-2)10-7-16)21-13-12-17-8-11-19(22)20(14-17)24-3;/h6-11,14-15,21-22H,4-5,12-13H2,1-3H3;1H. The molecule has 138 valence electrons. The summed E-state index contributed by atoms with van der Waals surface area (Å²) in [6.45, 7) is 3.11. The molecule has 0 aliphatic rings. The quantitative estimate of drug-likeness (QED) is 0.705. The van der Waals surface area contributed by atoms with Gasteiger partial charge >= 0.3 is 0 Å². The van der Waals surface area contributed by atoms with E-state index in [1.165, 1.54) is 5.56 Å². The van der Waals surface area contributed by atoms with Crippen LogP contribution >= 0.6 is 12.4 Å². The minimum absolute atomic E-state index is 0. The number of aromatic hydroxyl groups is 1. The van der Waals surface area contributed by atoms with E-state index in [0.717, 1.165) is 37.1 Å². The summed E-state index contributed by atoms with van der Waals surface area (Å²) in [7, 11) is 3.25. The van der Waals surface area contributed by atoms with Gasteiger partial charge in [0.15, 0.2) is 11.5 Å². The number of aryl methyl sites for hydroxylation is 1. The monoisotopic (exact) mass is 365 g/mol. The van der Waals surface area contributed by atoms with Crippen LogP contribution in [0.3, 0.4) is 0 Å². The van der Waals surface area contributed by atoms with Crippen molar-refractivity contribution in [1.29, 1.82) is 0 Å². The molecule has 0 saturated carbocycles. The van der Waals surface area contributed by atoms with Gasteiger partial charge in [0.05, 0.1) is 14.2 Å². The minimum Gasteiger partial charge on any atom is -0.504 e. The Balaban J connectivity index is 0.00000312. The van der Waals surface area contributed by atoms with Crippen LogP contribution in [0, 0.1) is 0 Å². The van der Waals surface area contributed by atoms with Crippen molar-refractivity contribution in [3.63, 3.8) is 0 Å². The van der Waals surface area contributed by atoms with Gasteiger partial charge in [-0.2, -0.15) is 0 Å². The number of phenols is 1. The van der Waals surface area contributed by atoms with E-state index in [1.54, 1.807) is 20.3 Å². The molecule has 0 amide bonds. The van der Waals surface area contributed by atoms with Crippen LogP contribution in [0.1, 0.15) is 24.5 Å². The molecule has 5 heteroatoms. The lowest BCUT2D eigenvalue weighted by Gasteiger charge is -2.14. The van der Waals surface area contributed by atoms with Crippen molar-refractivity contribution >= 4 is 12.4 Å². The molecule has 0 spiro atoms. The van der Waals surface area contributed by atoms with Gasteiger partial charge in [0.25, 0.3) is 0 Å². The molecule has 2 N–H and O–H groups in total. The van der Waals surface area contributed by atoms with E-state index in [0.29, 0.717) is 11.8 Å². The Morgan fingerprint density at radius 1 is 0.960 bits per heavy atom. The first kappa shape index (κ1) is 21.1. The number of phenolic OH excluding ortho intramolecular Hbond substituents is 1. The second-order valence-electron chi connectivity index (χ2n) is 6.00. The highest BCUT2D eigenvalue weighted by molar-refractivity contribution is 5.85. The van der Waals surface area contributed by atoms with Crippen LogP contribution in [-0.4, -0.2) is 31.9 Å². The predicted molar refractivity (Wildman–Crippen MR) is 104 cm³/mol. The van der Waals surface area contributed by atoms with Crippen LogP contribution < -0.4 is 14.8 Å². The summed E-state index contributed by atoms with van der Waals surface area (Å²) < 4.78 is 10.3. The van der Waals surface area contributed by atoms with Gasteiger partial charge in [-0.15, -0.1) is 12.4 Å². The van der Waals surface area contributed by atoms with Crippen molar-refractivity contribution in [2.75, 3.05) is 20.8 Å². The molecule has 1 unspecified atom stereocenters. The van der Waals surface area contributed by atoms with Gasteiger partial charge in [-0.25, -0.2) is 0 Å². The average Bonchev–Trinajstić information content (AvgIpc) is 2.61. The first-order chi connectivity index (χ1) is 11.6. The third-order valence-electron chi connectivity index (χ3n) is 4.18. The number of hydrogen-bond donors (Lipinski definition) is 2. The van der Waals surface area contributed by atoms with Crippen LogP contribution in [-0.2, 0) is 12.8 Å². The second-order valence-corrected chi connectivity index (χ2v) is 6.00. The third kappa shape index (κ3) is 6.85. The number of methoxy groups -OCH3 is 2. The minimum atomic E-state index is 0. The van der Waals surface area contributed by atoms with Crippen molar-refractivity contribution in [2.24, 2.45) is 0 Å². The van der Waals surface area contributed by atoms with E-state index >= 15 is 0 Å². The zero-order chi connectivity index (χ0) is 17.4. The van der Waals surface area contributed by atoms with E-state index in [1.807, 2.05) is 24.3 Å². The van der Waals surface area contributed by atoms with E-state index in [9.17, 15) is 5.11 Å². The van der Waals surface area contributed by atoms with Crippen LogP contribution in [0.5, 0.6) is 17.2 Å². The third-order valence-corrected chi connectivity index (χ3v) is 4.18. The Labute approximate surface area is 156 Å². The maximum Gasteiger partial charge on any atom is 0.160 e. The van der Waals surface area contributed by atoms with Gasteiger partial charge in [-0.3, -0.25) is 0 Å². The first-order valence-electron chi connectivity index (χ1n) is 8.34. The highest BCUT2D eigenvalue weighted by atomic mass is 35.5. The smallest absolute Gasteiger partial charge is 0.160 e. The van der Waals surface area contributed by atoms with Crippen molar-refractivity contribution in [3.8, 4) is 17.2 Å². The Bertz CT molecular complexity index is 631. The first-order valence-corrected chi connectivity index (χ1v) is 8.34. The second kappa shape index (κ2) is 10.9. The molecular weight excluding hydrogens is 338 g/mol. The highest BCUT2D eigenvalue weighted by Gasteiger charge is 2.05. The summed E-state index contributed by atoms with van der Waals surface area (Å²) in [6.07, 6.45) is 3.04. The van der Waals surface area contributed by atoms with Gasteiger partial charge in [0, 0.05) is 6.04 Å². The van der Waals surface area contributed by atoms with Crippen LogP contribution in [0.15, 0.2) is 42.5 Å². The summed E-state index contributed by atoms with van der Waals surface area (Å²) in [6, 6.07) is 14.2. The molecule has 1 atom stereocenters. The molecule has 0 heterocycles. The fourth-order valence-corrected chi connectivity index (χ4v) is 2.62. The summed E-state index contributed by atoms with van der Waals surface area (Å²) in [5, 5.41) is 13.2.